The van der Waals surface area contributed by atoms with Gasteiger partial charge in [-0.2, -0.15) is 0 Å². The zero-order chi connectivity index (χ0) is 15.2. The summed E-state index contributed by atoms with van der Waals surface area (Å²) in [5, 5.41) is 2.95. The lowest BCUT2D eigenvalue weighted by molar-refractivity contribution is 0.0949. The Morgan fingerprint density at radius 1 is 1.35 bits per heavy atom. The number of carbonyl (C=O) groups is 1. The van der Waals surface area contributed by atoms with Gasteiger partial charge in [-0.1, -0.05) is 38.7 Å². The molecule has 0 spiro atoms. The predicted molar refractivity (Wildman–Crippen MR) is 83.5 cm³/mol. The van der Waals surface area contributed by atoms with Gasteiger partial charge in [0.2, 0.25) is 0 Å². The molecule has 0 heterocycles. The molecule has 0 unspecified atom stereocenters. The quantitative estimate of drug-likeness (QED) is 0.831. The Balaban J connectivity index is 2.82. The first-order valence-electron chi connectivity index (χ1n) is 6.91. The molecule has 1 amide bonds. The summed E-state index contributed by atoms with van der Waals surface area (Å²) in [5.74, 6) is 5.70. The van der Waals surface area contributed by atoms with E-state index in [1.807, 2.05) is 25.1 Å². The average Bonchev–Trinajstić information content (AvgIpc) is 2.34. The third kappa shape index (κ3) is 5.46. The van der Waals surface area contributed by atoms with Crippen LogP contribution in [-0.4, -0.2) is 19.0 Å². The normalized spacial score (nSPS) is 10.7. The van der Waals surface area contributed by atoms with E-state index in [9.17, 15) is 4.79 Å². The number of rotatable bonds is 3. The fourth-order valence-corrected chi connectivity index (χ4v) is 1.75. The summed E-state index contributed by atoms with van der Waals surface area (Å²) >= 11 is 0. The molecular weight excluding hydrogens is 248 g/mol. The summed E-state index contributed by atoms with van der Waals surface area (Å²) < 4.78 is 0. The van der Waals surface area contributed by atoms with Crippen LogP contribution >= 0.6 is 0 Å². The number of nitrogens with two attached hydrogens (primary N) is 1. The van der Waals surface area contributed by atoms with Crippen LogP contribution in [0.25, 0.3) is 0 Å². The Morgan fingerprint density at radius 3 is 2.65 bits per heavy atom. The summed E-state index contributed by atoms with van der Waals surface area (Å²) in [7, 11) is 0. The van der Waals surface area contributed by atoms with Gasteiger partial charge in [0, 0.05) is 12.1 Å². The number of benzene rings is 1. The molecule has 1 aromatic carbocycles. The first kappa shape index (κ1) is 16.3. The second kappa shape index (κ2) is 7.12. The van der Waals surface area contributed by atoms with Gasteiger partial charge < -0.3 is 11.1 Å². The second-order valence-corrected chi connectivity index (χ2v) is 6.12. The molecule has 0 fully saturated rings. The molecule has 0 saturated carbocycles. The third-order valence-corrected chi connectivity index (χ3v) is 2.91. The van der Waals surface area contributed by atoms with Crippen LogP contribution in [0.2, 0.25) is 0 Å². The fourth-order valence-electron chi connectivity index (χ4n) is 1.75. The Labute approximate surface area is 121 Å². The Hall–Kier alpha value is -1.79. The van der Waals surface area contributed by atoms with Crippen molar-refractivity contribution in [3.63, 3.8) is 0 Å². The lowest BCUT2D eigenvalue weighted by Crippen LogP contribution is -2.27. The minimum absolute atomic E-state index is 0.0735. The van der Waals surface area contributed by atoms with Crippen LogP contribution in [0.15, 0.2) is 18.2 Å². The summed E-state index contributed by atoms with van der Waals surface area (Å²) in [6.45, 7) is 9.41. The highest BCUT2D eigenvalue weighted by molar-refractivity contribution is 5.96. The van der Waals surface area contributed by atoms with E-state index in [2.05, 4.69) is 37.9 Å². The molecule has 108 valence electrons. The highest BCUT2D eigenvalue weighted by atomic mass is 16.1. The molecule has 0 aliphatic carbocycles. The van der Waals surface area contributed by atoms with E-state index >= 15 is 0 Å². The molecule has 0 bridgehead atoms. The minimum Gasteiger partial charge on any atom is -0.352 e. The molecule has 0 saturated heterocycles. The van der Waals surface area contributed by atoms with Gasteiger partial charge in [0.25, 0.3) is 5.91 Å². The zero-order valence-corrected chi connectivity index (χ0v) is 12.8. The zero-order valence-electron chi connectivity index (χ0n) is 12.8. The van der Waals surface area contributed by atoms with Gasteiger partial charge in [-0.3, -0.25) is 4.79 Å². The molecule has 0 aromatic heterocycles. The second-order valence-electron chi connectivity index (χ2n) is 6.12. The van der Waals surface area contributed by atoms with Crippen LogP contribution in [0.3, 0.4) is 0 Å². The topological polar surface area (TPSA) is 55.1 Å². The van der Waals surface area contributed by atoms with E-state index in [4.69, 9.17) is 5.73 Å². The van der Waals surface area contributed by atoms with E-state index < -0.39 is 0 Å². The van der Waals surface area contributed by atoms with Crippen molar-refractivity contribution in [1.29, 1.82) is 0 Å². The number of amides is 1. The first-order valence-corrected chi connectivity index (χ1v) is 6.91. The molecule has 20 heavy (non-hydrogen) atoms. The Bertz CT molecular complexity index is 530. The molecular formula is C17H24N2O. The maximum atomic E-state index is 12.2. The van der Waals surface area contributed by atoms with Crippen molar-refractivity contribution in [3.8, 4) is 11.8 Å². The molecule has 3 N–H and O–H groups in total. The molecule has 1 rings (SSSR count). The van der Waals surface area contributed by atoms with Crippen LogP contribution in [0.1, 0.15) is 48.7 Å². The molecule has 3 heteroatoms. The molecule has 0 atom stereocenters. The van der Waals surface area contributed by atoms with Gasteiger partial charge in [-0.05, 0) is 36.5 Å². The van der Waals surface area contributed by atoms with Gasteiger partial charge >= 0.3 is 0 Å². The monoisotopic (exact) mass is 272 g/mol. The maximum Gasteiger partial charge on any atom is 0.252 e. The first-order chi connectivity index (χ1) is 9.33. The highest BCUT2D eigenvalue weighted by Crippen LogP contribution is 2.17. The maximum absolute atomic E-state index is 12.2. The smallest absolute Gasteiger partial charge is 0.252 e. The lowest BCUT2D eigenvalue weighted by atomic mass is 9.92. The molecule has 0 radical (unpaired) electrons. The summed E-state index contributed by atoms with van der Waals surface area (Å²) in [6.07, 6.45) is 0.939. The Morgan fingerprint density at radius 2 is 2.05 bits per heavy atom. The predicted octanol–water partition coefficient (Wildman–Crippen LogP) is 2.47. The largest absolute Gasteiger partial charge is 0.352 e. The van der Waals surface area contributed by atoms with Crippen LogP contribution in [-0.2, 0) is 0 Å². The fraction of sp³-hybridized carbons (Fsp3) is 0.471. The number of hydrogen-bond acceptors (Lipinski definition) is 2. The van der Waals surface area contributed by atoms with Crippen LogP contribution in [0.5, 0.6) is 0 Å². The van der Waals surface area contributed by atoms with E-state index in [1.54, 1.807) is 0 Å². The standard InChI is InChI=1S/C17H24N2O/c1-13-7-8-15(14(12-13)6-5-10-18)16(20)19-11-9-17(2,3)4/h7-8,12H,9-11,18H2,1-4H3,(H,19,20). The molecule has 0 aliphatic heterocycles. The van der Waals surface area contributed by atoms with Crippen LogP contribution in [0, 0.1) is 24.2 Å². The van der Waals surface area contributed by atoms with Gasteiger partial charge in [-0.15, -0.1) is 0 Å². The van der Waals surface area contributed by atoms with Crippen molar-refractivity contribution in [2.45, 2.75) is 34.1 Å². The van der Waals surface area contributed by atoms with Crippen molar-refractivity contribution in [2.75, 3.05) is 13.1 Å². The summed E-state index contributed by atoms with van der Waals surface area (Å²) in [4.78, 5) is 12.2. The van der Waals surface area contributed by atoms with Crippen molar-refractivity contribution in [3.05, 3.63) is 34.9 Å². The lowest BCUT2D eigenvalue weighted by Gasteiger charge is -2.18. The van der Waals surface area contributed by atoms with Gasteiger partial charge in [-0.25, -0.2) is 0 Å². The third-order valence-electron chi connectivity index (χ3n) is 2.91. The van der Waals surface area contributed by atoms with Crippen molar-refractivity contribution < 1.29 is 4.79 Å². The highest BCUT2D eigenvalue weighted by Gasteiger charge is 2.13. The molecule has 1 aromatic rings. The van der Waals surface area contributed by atoms with Gasteiger partial charge in [0.1, 0.15) is 0 Å². The minimum atomic E-state index is -0.0735. The van der Waals surface area contributed by atoms with Crippen LogP contribution < -0.4 is 11.1 Å². The van der Waals surface area contributed by atoms with Crippen molar-refractivity contribution in [1.82, 2.24) is 5.32 Å². The molecule has 0 aliphatic rings. The number of carbonyl (C=O) groups excluding carboxylic acids is 1. The average molecular weight is 272 g/mol. The number of hydrogen-bond donors (Lipinski definition) is 2. The van der Waals surface area contributed by atoms with E-state index in [1.165, 1.54) is 0 Å². The van der Waals surface area contributed by atoms with Gasteiger partial charge in [0.05, 0.1) is 12.1 Å². The molecule has 3 nitrogen and oxygen atoms in total. The van der Waals surface area contributed by atoms with E-state index in [-0.39, 0.29) is 11.3 Å². The van der Waals surface area contributed by atoms with E-state index in [0.717, 1.165) is 17.5 Å². The number of nitrogens with one attached hydrogen (secondary N) is 1. The van der Waals surface area contributed by atoms with Crippen LogP contribution in [0.4, 0.5) is 0 Å². The van der Waals surface area contributed by atoms with Gasteiger partial charge in [0.15, 0.2) is 0 Å². The van der Waals surface area contributed by atoms with E-state index in [0.29, 0.717) is 18.7 Å². The summed E-state index contributed by atoms with van der Waals surface area (Å²) in [5.41, 5.74) is 8.04. The number of aryl methyl sites for hydroxylation is 1. The Kier molecular flexibility index (Phi) is 5.79. The van der Waals surface area contributed by atoms with Crippen molar-refractivity contribution in [2.24, 2.45) is 11.1 Å². The van der Waals surface area contributed by atoms with Crippen molar-refractivity contribution >= 4 is 5.91 Å². The SMILES string of the molecule is Cc1ccc(C(=O)NCCC(C)(C)C)c(C#CCN)c1. The summed E-state index contributed by atoms with van der Waals surface area (Å²) in [6, 6.07) is 5.66.